The molecule has 0 bridgehead atoms. The van der Waals surface area contributed by atoms with Crippen LogP contribution in [0, 0.1) is 10.1 Å². The van der Waals surface area contributed by atoms with Gasteiger partial charge < -0.3 is 4.74 Å². The number of carbonyl (C=O) groups is 1. The summed E-state index contributed by atoms with van der Waals surface area (Å²) in [6.45, 7) is 3.61. The number of rotatable bonds is 6. The van der Waals surface area contributed by atoms with Crippen molar-refractivity contribution in [1.29, 1.82) is 0 Å². The summed E-state index contributed by atoms with van der Waals surface area (Å²) in [5, 5.41) is 15.1. The van der Waals surface area contributed by atoms with Crippen molar-refractivity contribution in [1.82, 2.24) is 0 Å². The molecule has 1 rings (SSSR count). The third kappa shape index (κ3) is 4.85. The molecule has 0 atom stereocenters. The number of halogens is 1. The van der Waals surface area contributed by atoms with Crippen LogP contribution < -0.4 is 5.43 Å². The van der Waals surface area contributed by atoms with E-state index < -0.39 is 10.9 Å². The monoisotopic (exact) mass is 299 g/mol. The van der Waals surface area contributed by atoms with Crippen LogP contribution in [0.25, 0.3) is 0 Å². The maximum atomic E-state index is 11.2. The molecular weight excluding hydrogens is 286 g/mol. The normalized spacial score (nSPS) is 11.1. The van der Waals surface area contributed by atoms with Crippen LogP contribution in [0.1, 0.15) is 20.3 Å². The highest BCUT2D eigenvalue weighted by atomic mass is 35.5. The second kappa shape index (κ2) is 7.44. The second-order valence-electron chi connectivity index (χ2n) is 3.86. The van der Waals surface area contributed by atoms with Gasteiger partial charge in [-0.15, -0.1) is 0 Å². The Morgan fingerprint density at radius 1 is 1.55 bits per heavy atom. The van der Waals surface area contributed by atoms with E-state index in [0.717, 1.165) is 0 Å². The lowest BCUT2D eigenvalue weighted by atomic mass is 10.3. The van der Waals surface area contributed by atoms with Crippen molar-refractivity contribution in [3.05, 3.63) is 33.3 Å². The van der Waals surface area contributed by atoms with E-state index in [2.05, 4.69) is 10.5 Å². The fourth-order valence-electron chi connectivity index (χ4n) is 1.37. The van der Waals surface area contributed by atoms with Gasteiger partial charge in [0.25, 0.3) is 5.69 Å². The molecule has 0 radical (unpaired) electrons. The van der Waals surface area contributed by atoms with E-state index in [4.69, 9.17) is 16.3 Å². The maximum Gasteiger partial charge on any atom is 0.311 e. The molecule has 0 spiro atoms. The predicted octanol–water partition coefficient (Wildman–Crippen LogP) is 2.99. The van der Waals surface area contributed by atoms with E-state index in [1.807, 2.05) is 0 Å². The Morgan fingerprint density at radius 3 is 2.85 bits per heavy atom. The summed E-state index contributed by atoms with van der Waals surface area (Å²) >= 11 is 5.78. The number of nitrogens with one attached hydrogen (secondary N) is 1. The quantitative estimate of drug-likeness (QED) is 0.377. The molecule has 0 unspecified atom stereocenters. The molecule has 0 aliphatic rings. The van der Waals surface area contributed by atoms with Gasteiger partial charge in [-0.05, 0) is 26.0 Å². The van der Waals surface area contributed by atoms with Crippen molar-refractivity contribution in [3.63, 3.8) is 0 Å². The summed E-state index contributed by atoms with van der Waals surface area (Å²) in [5.41, 5.74) is 2.99. The number of hydrogen-bond donors (Lipinski definition) is 1. The molecule has 0 saturated heterocycles. The van der Waals surface area contributed by atoms with E-state index in [1.54, 1.807) is 13.8 Å². The lowest BCUT2D eigenvalue weighted by Gasteiger charge is -2.05. The second-order valence-corrected chi connectivity index (χ2v) is 4.30. The van der Waals surface area contributed by atoms with Gasteiger partial charge in [-0.1, -0.05) is 11.6 Å². The van der Waals surface area contributed by atoms with E-state index >= 15 is 0 Å². The van der Waals surface area contributed by atoms with Crippen LogP contribution in [0.3, 0.4) is 0 Å². The zero-order valence-electron chi connectivity index (χ0n) is 11.1. The molecule has 0 aliphatic heterocycles. The van der Waals surface area contributed by atoms with Crippen LogP contribution in [-0.4, -0.2) is 23.2 Å². The predicted molar refractivity (Wildman–Crippen MR) is 76.1 cm³/mol. The average Bonchev–Trinajstić information content (AvgIpc) is 2.36. The Kier molecular flexibility index (Phi) is 5.92. The molecule has 0 heterocycles. The van der Waals surface area contributed by atoms with Gasteiger partial charge in [0.2, 0.25) is 0 Å². The van der Waals surface area contributed by atoms with Crippen LogP contribution in [0.15, 0.2) is 23.3 Å². The molecule has 0 fully saturated rings. The number of carbonyl (C=O) groups excluding carboxylic acids is 1. The van der Waals surface area contributed by atoms with E-state index in [1.165, 1.54) is 18.2 Å². The third-order valence-corrected chi connectivity index (χ3v) is 2.46. The van der Waals surface area contributed by atoms with Crippen molar-refractivity contribution >= 4 is 34.7 Å². The minimum absolute atomic E-state index is 0.00913. The number of ether oxygens (including phenoxy) is 1. The number of hydrogen-bond acceptors (Lipinski definition) is 6. The molecule has 20 heavy (non-hydrogen) atoms. The lowest BCUT2D eigenvalue weighted by Crippen LogP contribution is -2.10. The van der Waals surface area contributed by atoms with Crippen molar-refractivity contribution in [2.45, 2.75) is 20.3 Å². The molecule has 7 nitrogen and oxygen atoms in total. The Bertz CT molecular complexity index is 546. The average molecular weight is 300 g/mol. The standard InChI is InChI=1S/C12H14ClN3O4/c1-3-20-12(17)6-8(2)14-15-10-7-9(13)4-5-11(10)16(18)19/h4-5,7,15H,3,6H2,1-2H3/b14-8-. The number of nitrogens with zero attached hydrogens (tertiary/aromatic N) is 2. The van der Waals surface area contributed by atoms with E-state index in [-0.39, 0.29) is 17.8 Å². The minimum atomic E-state index is -0.547. The van der Waals surface area contributed by atoms with E-state index in [9.17, 15) is 14.9 Å². The zero-order chi connectivity index (χ0) is 15.1. The van der Waals surface area contributed by atoms with Crippen LogP contribution in [0.5, 0.6) is 0 Å². The van der Waals surface area contributed by atoms with Crippen molar-refractivity contribution < 1.29 is 14.5 Å². The SMILES string of the molecule is CCOC(=O)C/C(C)=N\Nc1cc(Cl)ccc1[N+](=O)[O-]. The molecule has 1 aromatic rings. The van der Waals surface area contributed by atoms with Gasteiger partial charge in [0.1, 0.15) is 5.69 Å². The molecule has 0 aliphatic carbocycles. The topological polar surface area (TPSA) is 93.8 Å². The molecule has 1 N–H and O–H groups in total. The Hall–Kier alpha value is -2.15. The number of hydrazone groups is 1. The fourth-order valence-corrected chi connectivity index (χ4v) is 1.55. The highest BCUT2D eigenvalue weighted by Crippen LogP contribution is 2.27. The number of anilines is 1. The summed E-state index contributed by atoms with van der Waals surface area (Å²) in [6, 6.07) is 4.09. The van der Waals surface area contributed by atoms with Crippen molar-refractivity contribution in [3.8, 4) is 0 Å². The van der Waals surface area contributed by atoms with Gasteiger partial charge in [-0.25, -0.2) is 0 Å². The first-order valence-electron chi connectivity index (χ1n) is 5.82. The van der Waals surface area contributed by atoms with Gasteiger partial charge in [0.05, 0.1) is 18.0 Å². The van der Waals surface area contributed by atoms with Gasteiger partial charge in [0.15, 0.2) is 0 Å². The fraction of sp³-hybridized carbons (Fsp3) is 0.333. The van der Waals surface area contributed by atoms with Crippen molar-refractivity contribution in [2.24, 2.45) is 5.10 Å². The molecule has 8 heteroatoms. The maximum absolute atomic E-state index is 11.2. The van der Waals surface area contributed by atoms with Crippen LogP contribution in [0.2, 0.25) is 5.02 Å². The zero-order valence-corrected chi connectivity index (χ0v) is 11.8. The van der Waals surface area contributed by atoms with E-state index in [0.29, 0.717) is 17.3 Å². The van der Waals surface area contributed by atoms with Gasteiger partial charge in [-0.3, -0.25) is 20.3 Å². The number of esters is 1. The number of nitro benzene ring substituents is 1. The van der Waals surface area contributed by atoms with Crippen LogP contribution >= 0.6 is 11.6 Å². The first-order chi connectivity index (χ1) is 9.43. The number of nitro groups is 1. The first kappa shape index (κ1) is 15.9. The highest BCUT2D eigenvalue weighted by molar-refractivity contribution is 6.31. The lowest BCUT2D eigenvalue weighted by molar-refractivity contribution is -0.384. The van der Waals surface area contributed by atoms with Gasteiger partial charge in [0, 0.05) is 16.8 Å². The Morgan fingerprint density at radius 2 is 2.25 bits per heavy atom. The van der Waals surface area contributed by atoms with Crippen molar-refractivity contribution in [2.75, 3.05) is 12.0 Å². The van der Waals surface area contributed by atoms with Crippen LogP contribution in [-0.2, 0) is 9.53 Å². The number of benzene rings is 1. The first-order valence-corrected chi connectivity index (χ1v) is 6.20. The molecule has 0 saturated carbocycles. The van der Waals surface area contributed by atoms with Crippen LogP contribution in [0.4, 0.5) is 11.4 Å². The highest BCUT2D eigenvalue weighted by Gasteiger charge is 2.13. The van der Waals surface area contributed by atoms with Gasteiger partial charge >= 0.3 is 5.97 Å². The third-order valence-electron chi connectivity index (χ3n) is 2.23. The molecular formula is C12H14ClN3O4. The largest absolute Gasteiger partial charge is 0.466 e. The molecule has 1 aromatic carbocycles. The summed E-state index contributed by atoms with van der Waals surface area (Å²) in [7, 11) is 0. The molecule has 0 amide bonds. The summed E-state index contributed by atoms with van der Waals surface area (Å²) in [5.74, 6) is -0.406. The smallest absolute Gasteiger partial charge is 0.311 e. The van der Waals surface area contributed by atoms with Gasteiger partial charge in [-0.2, -0.15) is 5.10 Å². The molecule has 0 aromatic heterocycles. The Balaban J connectivity index is 2.80. The Labute approximate surface area is 120 Å². The summed E-state index contributed by atoms with van der Waals surface area (Å²) < 4.78 is 4.77. The minimum Gasteiger partial charge on any atom is -0.466 e. The summed E-state index contributed by atoms with van der Waals surface area (Å²) in [6.07, 6.45) is 0.00913. The summed E-state index contributed by atoms with van der Waals surface area (Å²) in [4.78, 5) is 21.5. The molecule has 108 valence electrons.